The van der Waals surface area contributed by atoms with Crippen LogP contribution in [0.15, 0.2) is 0 Å². The van der Waals surface area contributed by atoms with Crippen LogP contribution in [0.4, 0.5) is 0 Å². The molecule has 1 unspecified atom stereocenters. The van der Waals surface area contributed by atoms with Gasteiger partial charge in [0, 0.05) is 6.54 Å². The summed E-state index contributed by atoms with van der Waals surface area (Å²) in [5, 5.41) is 11.9. The number of aliphatic carboxylic acids is 1. The van der Waals surface area contributed by atoms with E-state index in [0.717, 1.165) is 19.5 Å². The van der Waals surface area contributed by atoms with Gasteiger partial charge in [0.25, 0.3) is 0 Å². The first-order valence-corrected chi connectivity index (χ1v) is 5.92. The fraction of sp³-hybridized carbons (Fsp3) is 0.917. The van der Waals surface area contributed by atoms with E-state index >= 15 is 0 Å². The molecule has 0 radical (unpaired) electrons. The van der Waals surface area contributed by atoms with Gasteiger partial charge >= 0.3 is 5.97 Å². The second-order valence-corrected chi connectivity index (χ2v) is 5.15. The average Bonchev–Trinajstić information content (AvgIpc) is 2.15. The lowest BCUT2D eigenvalue weighted by atomic mass is 9.96. The van der Waals surface area contributed by atoms with Crippen molar-refractivity contribution in [3.05, 3.63) is 0 Å². The van der Waals surface area contributed by atoms with Gasteiger partial charge in [-0.05, 0) is 46.3 Å². The topological polar surface area (TPSA) is 52.6 Å². The van der Waals surface area contributed by atoms with Crippen LogP contribution in [0.3, 0.4) is 0 Å². The fourth-order valence-corrected chi connectivity index (χ4v) is 1.76. The van der Waals surface area contributed by atoms with Crippen molar-refractivity contribution in [1.82, 2.24) is 10.2 Å². The maximum absolute atomic E-state index is 11.0. The molecule has 0 fully saturated rings. The van der Waals surface area contributed by atoms with Gasteiger partial charge in [-0.1, -0.05) is 13.8 Å². The van der Waals surface area contributed by atoms with Crippen LogP contribution in [0, 0.1) is 5.92 Å². The van der Waals surface area contributed by atoms with Crippen molar-refractivity contribution in [3.63, 3.8) is 0 Å². The minimum Gasteiger partial charge on any atom is -0.480 e. The van der Waals surface area contributed by atoms with Crippen LogP contribution in [0.5, 0.6) is 0 Å². The maximum atomic E-state index is 11.0. The van der Waals surface area contributed by atoms with E-state index in [1.807, 2.05) is 0 Å². The molecule has 0 saturated carbocycles. The number of carboxylic acid groups (broad SMARTS) is 1. The van der Waals surface area contributed by atoms with E-state index in [4.69, 9.17) is 5.11 Å². The standard InChI is InChI=1S/C12H26N2O2/c1-10(2)9-14(5)8-6-7-12(3,13-4)11(15)16/h10,13H,6-9H2,1-5H3,(H,15,16). The van der Waals surface area contributed by atoms with E-state index in [-0.39, 0.29) is 0 Å². The second kappa shape index (κ2) is 6.86. The van der Waals surface area contributed by atoms with Gasteiger partial charge in [0.2, 0.25) is 0 Å². The Morgan fingerprint density at radius 1 is 1.50 bits per heavy atom. The summed E-state index contributed by atoms with van der Waals surface area (Å²) in [6, 6.07) is 0. The zero-order valence-corrected chi connectivity index (χ0v) is 11.2. The van der Waals surface area contributed by atoms with E-state index < -0.39 is 11.5 Å². The number of nitrogens with zero attached hydrogens (tertiary/aromatic N) is 1. The number of rotatable bonds is 8. The van der Waals surface area contributed by atoms with Crippen LogP contribution in [0.25, 0.3) is 0 Å². The Labute approximate surface area is 99.0 Å². The molecule has 0 bridgehead atoms. The third-order valence-electron chi connectivity index (χ3n) is 2.92. The average molecular weight is 230 g/mol. The molecule has 0 aliphatic carbocycles. The van der Waals surface area contributed by atoms with Crippen molar-refractivity contribution in [2.75, 3.05) is 27.2 Å². The van der Waals surface area contributed by atoms with Crippen molar-refractivity contribution < 1.29 is 9.90 Å². The summed E-state index contributed by atoms with van der Waals surface area (Å²) in [4.78, 5) is 13.3. The Bertz CT molecular complexity index is 219. The quantitative estimate of drug-likeness (QED) is 0.662. The number of carboxylic acids is 1. The third-order valence-corrected chi connectivity index (χ3v) is 2.92. The molecule has 0 aromatic rings. The van der Waals surface area contributed by atoms with Crippen LogP contribution in [-0.4, -0.2) is 48.7 Å². The lowest BCUT2D eigenvalue weighted by molar-refractivity contribution is -0.144. The molecule has 0 heterocycles. The molecular formula is C12H26N2O2. The molecule has 4 heteroatoms. The predicted octanol–water partition coefficient (Wildman–Crippen LogP) is 1.42. The Hall–Kier alpha value is -0.610. The zero-order chi connectivity index (χ0) is 12.8. The first-order valence-electron chi connectivity index (χ1n) is 5.92. The van der Waals surface area contributed by atoms with E-state index in [0.29, 0.717) is 12.3 Å². The van der Waals surface area contributed by atoms with Crippen LogP contribution >= 0.6 is 0 Å². The van der Waals surface area contributed by atoms with Gasteiger partial charge in [0.1, 0.15) is 5.54 Å². The summed E-state index contributed by atoms with van der Waals surface area (Å²) in [5.74, 6) is -0.123. The SMILES string of the molecule is CNC(C)(CCCN(C)CC(C)C)C(=O)O. The van der Waals surface area contributed by atoms with E-state index in [1.165, 1.54) is 0 Å². The van der Waals surface area contributed by atoms with Crippen molar-refractivity contribution in [2.24, 2.45) is 5.92 Å². The number of nitrogens with one attached hydrogen (secondary N) is 1. The number of carbonyl (C=O) groups is 1. The number of likely N-dealkylation sites (N-methyl/N-ethyl adjacent to an activating group) is 1. The molecule has 96 valence electrons. The molecule has 4 nitrogen and oxygen atoms in total. The molecule has 16 heavy (non-hydrogen) atoms. The predicted molar refractivity (Wildman–Crippen MR) is 66.7 cm³/mol. The van der Waals surface area contributed by atoms with Crippen molar-refractivity contribution in [2.45, 2.75) is 39.2 Å². The lowest BCUT2D eigenvalue weighted by Crippen LogP contribution is -2.47. The van der Waals surface area contributed by atoms with Gasteiger partial charge in [0.05, 0.1) is 0 Å². The first-order chi connectivity index (χ1) is 7.31. The lowest BCUT2D eigenvalue weighted by Gasteiger charge is -2.26. The third kappa shape index (κ3) is 5.47. The van der Waals surface area contributed by atoms with E-state index in [1.54, 1.807) is 14.0 Å². The van der Waals surface area contributed by atoms with E-state index in [9.17, 15) is 4.79 Å². The first kappa shape index (κ1) is 15.4. The van der Waals surface area contributed by atoms with Crippen molar-refractivity contribution in [1.29, 1.82) is 0 Å². The van der Waals surface area contributed by atoms with Crippen LogP contribution in [-0.2, 0) is 4.79 Å². The summed E-state index contributed by atoms with van der Waals surface area (Å²) in [6.45, 7) is 8.11. The van der Waals surface area contributed by atoms with Gasteiger partial charge in [-0.15, -0.1) is 0 Å². The molecule has 0 spiro atoms. The number of hydrogen-bond donors (Lipinski definition) is 2. The Morgan fingerprint density at radius 2 is 2.06 bits per heavy atom. The van der Waals surface area contributed by atoms with Crippen LogP contribution in [0.2, 0.25) is 0 Å². The maximum Gasteiger partial charge on any atom is 0.323 e. The normalized spacial score (nSPS) is 15.4. The highest BCUT2D eigenvalue weighted by molar-refractivity contribution is 5.78. The molecule has 0 aromatic heterocycles. The molecule has 0 aliphatic rings. The monoisotopic (exact) mass is 230 g/mol. The van der Waals surface area contributed by atoms with E-state index in [2.05, 4.69) is 31.1 Å². The molecule has 0 aliphatic heterocycles. The minimum absolute atomic E-state index is 0.653. The molecule has 0 amide bonds. The minimum atomic E-state index is -0.793. The van der Waals surface area contributed by atoms with Crippen LogP contribution in [0.1, 0.15) is 33.6 Å². The smallest absolute Gasteiger partial charge is 0.323 e. The Morgan fingerprint density at radius 3 is 2.44 bits per heavy atom. The van der Waals surface area contributed by atoms with Gasteiger partial charge in [-0.25, -0.2) is 0 Å². The molecule has 1 atom stereocenters. The zero-order valence-electron chi connectivity index (χ0n) is 11.2. The van der Waals surface area contributed by atoms with Gasteiger partial charge in [-0.3, -0.25) is 4.79 Å². The van der Waals surface area contributed by atoms with Gasteiger partial charge in [-0.2, -0.15) is 0 Å². The summed E-state index contributed by atoms with van der Waals surface area (Å²) in [6.07, 6.45) is 1.55. The van der Waals surface area contributed by atoms with Crippen molar-refractivity contribution >= 4 is 5.97 Å². The molecular weight excluding hydrogens is 204 g/mol. The largest absolute Gasteiger partial charge is 0.480 e. The summed E-state index contributed by atoms with van der Waals surface area (Å²) < 4.78 is 0. The summed E-state index contributed by atoms with van der Waals surface area (Å²) in [7, 11) is 3.78. The molecule has 0 rings (SSSR count). The summed E-state index contributed by atoms with van der Waals surface area (Å²) >= 11 is 0. The van der Waals surface area contributed by atoms with Gasteiger partial charge < -0.3 is 15.3 Å². The highest BCUT2D eigenvalue weighted by Crippen LogP contribution is 2.12. The van der Waals surface area contributed by atoms with Crippen LogP contribution < -0.4 is 5.32 Å². The van der Waals surface area contributed by atoms with Crippen molar-refractivity contribution in [3.8, 4) is 0 Å². The summed E-state index contributed by atoms with van der Waals surface area (Å²) in [5.41, 5.74) is -0.793. The van der Waals surface area contributed by atoms with Gasteiger partial charge in [0.15, 0.2) is 0 Å². The molecule has 0 saturated heterocycles. The molecule has 2 N–H and O–H groups in total. The fourth-order valence-electron chi connectivity index (χ4n) is 1.76. The second-order valence-electron chi connectivity index (χ2n) is 5.15. The highest BCUT2D eigenvalue weighted by Gasteiger charge is 2.30. The Kier molecular flexibility index (Phi) is 6.60. The number of hydrogen-bond acceptors (Lipinski definition) is 3. The molecule has 0 aromatic carbocycles. The Balaban J connectivity index is 3.92. The highest BCUT2D eigenvalue weighted by atomic mass is 16.4.